The Morgan fingerprint density at radius 2 is 2.38 bits per heavy atom. The molecule has 0 rings (SSSR count). The summed E-state index contributed by atoms with van der Waals surface area (Å²) in [5.74, 6) is -0.0671. The Balaban J connectivity index is 3.84. The molecule has 8 heavy (non-hydrogen) atoms. The number of carbonyl (C=O) groups is 1. The van der Waals surface area contributed by atoms with Gasteiger partial charge in [-0.3, -0.25) is 4.79 Å². The number of hydrogen-bond donors (Lipinski definition) is 0. The summed E-state index contributed by atoms with van der Waals surface area (Å²) in [6.45, 7) is 5.03. The predicted molar refractivity (Wildman–Crippen MR) is 33.5 cm³/mol. The van der Waals surface area contributed by atoms with Crippen LogP contribution < -0.4 is 0 Å². The van der Waals surface area contributed by atoms with Crippen LogP contribution in [-0.4, -0.2) is 5.78 Å². The Hall–Kier alpha value is -1.07. The van der Waals surface area contributed by atoms with Crippen LogP contribution in [0.5, 0.6) is 0 Å². The molecular weight excluding hydrogens is 100 g/mol. The van der Waals surface area contributed by atoms with Crippen molar-refractivity contribution in [3.05, 3.63) is 30.5 Å². The van der Waals surface area contributed by atoms with Gasteiger partial charge in [-0.2, -0.15) is 0 Å². The Bertz CT molecular complexity index is 148. The second kappa shape index (κ2) is 4.10. The van der Waals surface area contributed by atoms with E-state index in [9.17, 15) is 4.79 Å². The van der Waals surface area contributed by atoms with Crippen molar-refractivity contribution in [2.24, 2.45) is 0 Å². The maximum atomic E-state index is 10.4. The van der Waals surface area contributed by atoms with Crippen molar-refractivity contribution in [2.75, 3.05) is 0 Å². The Labute approximate surface area is 49.0 Å². The fourth-order valence-corrected chi connectivity index (χ4v) is 0.313. The zero-order valence-electron chi connectivity index (χ0n) is 4.85. The maximum Gasteiger partial charge on any atom is 0.185 e. The SMILES string of the molecule is C=C=CC(=O)C=CC. The van der Waals surface area contributed by atoms with Crippen LogP contribution >= 0.6 is 0 Å². The van der Waals surface area contributed by atoms with Crippen LogP contribution in [0.2, 0.25) is 0 Å². The molecule has 0 aromatic carbocycles. The lowest BCUT2D eigenvalue weighted by Crippen LogP contribution is -1.80. The molecule has 0 aliphatic rings. The summed E-state index contributed by atoms with van der Waals surface area (Å²) in [6.07, 6.45) is 4.42. The van der Waals surface area contributed by atoms with Gasteiger partial charge in [0.05, 0.1) is 0 Å². The summed E-state index contributed by atoms with van der Waals surface area (Å²) in [6, 6.07) is 0. The van der Waals surface area contributed by atoms with E-state index in [4.69, 9.17) is 0 Å². The average molecular weight is 108 g/mol. The molecule has 42 valence electrons. The highest BCUT2D eigenvalue weighted by molar-refractivity contribution is 5.98. The molecule has 1 nitrogen and oxygen atoms in total. The van der Waals surface area contributed by atoms with Crippen LogP contribution in [0.4, 0.5) is 0 Å². The first kappa shape index (κ1) is 6.93. The molecule has 0 fully saturated rings. The van der Waals surface area contributed by atoms with E-state index in [-0.39, 0.29) is 5.78 Å². The van der Waals surface area contributed by atoms with Gasteiger partial charge in [-0.05, 0) is 13.0 Å². The molecule has 0 aromatic rings. The minimum atomic E-state index is -0.0671. The second-order valence-corrected chi connectivity index (χ2v) is 1.25. The Morgan fingerprint density at radius 1 is 1.75 bits per heavy atom. The smallest absolute Gasteiger partial charge is 0.185 e. The van der Waals surface area contributed by atoms with Gasteiger partial charge in [0.15, 0.2) is 5.78 Å². The van der Waals surface area contributed by atoms with Gasteiger partial charge in [0.25, 0.3) is 0 Å². The first-order valence-electron chi connectivity index (χ1n) is 2.33. The van der Waals surface area contributed by atoms with E-state index in [2.05, 4.69) is 12.3 Å². The van der Waals surface area contributed by atoms with Gasteiger partial charge in [0.2, 0.25) is 0 Å². The van der Waals surface area contributed by atoms with Gasteiger partial charge in [-0.1, -0.05) is 12.7 Å². The lowest BCUT2D eigenvalue weighted by atomic mass is 10.3. The van der Waals surface area contributed by atoms with Crippen molar-refractivity contribution in [3.8, 4) is 0 Å². The molecule has 0 unspecified atom stereocenters. The minimum absolute atomic E-state index is 0.0671. The van der Waals surface area contributed by atoms with Gasteiger partial charge in [0, 0.05) is 6.08 Å². The van der Waals surface area contributed by atoms with Gasteiger partial charge < -0.3 is 0 Å². The van der Waals surface area contributed by atoms with Crippen molar-refractivity contribution >= 4 is 5.78 Å². The molecule has 0 bridgehead atoms. The lowest BCUT2D eigenvalue weighted by molar-refractivity contribution is -0.110. The number of allylic oxidation sites excluding steroid dienone is 3. The van der Waals surface area contributed by atoms with Crippen LogP contribution in [0.3, 0.4) is 0 Å². The molecule has 0 atom stereocenters. The maximum absolute atomic E-state index is 10.4. The molecule has 0 amide bonds. The van der Waals surface area contributed by atoms with Gasteiger partial charge in [0.1, 0.15) is 0 Å². The average Bonchev–Trinajstić information content (AvgIpc) is 1.68. The zero-order chi connectivity index (χ0) is 6.41. The first-order valence-corrected chi connectivity index (χ1v) is 2.33. The van der Waals surface area contributed by atoms with Crippen molar-refractivity contribution < 1.29 is 4.79 Å². The van der Waals surface area contributed by atoms with E-state index in [0.29, 0.717) is 0 Å². The summed E-state index contributed by atoms with van der Waals surface area (Å²) < 4.78 is 0. The lowest BCUT2D eigenvalue weighted by Gasteiger charge is -1.72. The first-order chi connectivity index (χ1) is 3.81. The molecule has 0 aromatic heterocycles. The number of ketones is 1. The molecule has 0 aliphatic heterocycles. The van der Waals surface area contributed by atoms with Crippen LogP contribution in [0.25, 0.3) is 0 Å². The summed E-state index contributed by atoms with van der Waals surface area (Å²) >= 11 is 0. The van der Waals surface area contributed by atoms with Gasteiger partial charge in [-0.25, -0.2) is 0 Å². The topological polar surface area (TPSA) is 17.1 Å². The third-order valence-electron chi connectivity index (χ3n) is 0.575. The highest BCUT2D eigenvalue weighted by Crippen LogP contribution is 1.75. The minimum Gasteiger partial charge on any atom is -0.289 e. The summed E-state index contributed by atoms with van der Waals surface area (Å²) in [5, 5.41) is 0. The molecule has 0 saturated carbocycles. The highest BCUT2D eigenvalue weighted by Gasteiger charge is 1.80. The normalized spacial score (nSPS) is 8.62. The molecule has 1 heteroatoms. The van der Waals surface area contributed by atoms with Crippen molar-refractivity contribution in [2.45, 2.75) is 6.92 Å². The number of carbonyl (C=O) groups excluding carboxylic acids is 1. The van der Waals surface area contributed by atoms with E-state index in [1.807, 2.05) is 0 Å². The fraction of sp³-hybridized carbons (Fsp3) is 0.143. The zero-order valence-corrected chi connectivity index (χ0v) is 4.85. The number of hydrogen-bond acceptors (Lipinski definition) is 1. The van der Waals surface area contributed by atoms with Crippen LogP contribution in [0.15, 0.2) is 30.5 Å². The second-order valence-electron chi connectivity index (χ2n) is 1.25. The van der Waals surface area contributed by atoms with Gasteiger partial charge >= 0.3 is 0 Å². The Kier molecular flexibility index (Phi) is 3.55. The van der Waals surface area contributed by atoms with Crippen LogP contribution in [-0.2, 0) is 4.79 Å². The van der Waals surface area contributed by atoms with Gasteiger partial charge in [-0.15, -0.1) is 5.73 Å². The van der Waals surface area contributed by atoms with E-state index in [1.54, 1.807) is 13.0 Å². The molecular formula is C7H8O. The monoisotopic (exact) mass is 108 g/mol. The van der Waals surface area contributed by atoms with Crippen molar-refractivity contribution in [3.63, 3.8) is 0 Å². The summed E-state index contributed by atoms with van der Waals surface area (Å²) in [7, 11) is 0. The van der Waals surface area contributed by atoms with Crippen LogP contribution in [0.1, 0.15) is 6.92 Å². The summed E-state index contributed by atoms with van der Waals surface area (Å²) in [5.41, 5.74) is 2.38. The number of rotatable bonds is 2. The van der Waals surface area contributed by atoms with Crippen molar-refractivity contribution in [1.29, 1.82) is 0 Å². The summed E-state index contributed by atoms with van der Waals surface area (Å²) in [4.78, 5) is 10.4. The molecule has 0 N–H and O–H groups in total. The van der Waals surface area contributed by atoms with Crippen LogP contribution in [0, 0.1) is 0 Å². The molecule has 0 radical (unpaired) electrons. The highest BCUT2D eigenvalue weighted by atomic mass is 16.1. The van der Waals surface area contributed by atoms with E-state index in [0.717, 1.165) is 0 Å². The van der Waals surface area contributed by atoms with Crippen molar-refractivity contribution in [1.82, 2.24) is 0 Å². The molecule has 0 saturated heterocycles. The third kappa shape index (κ3) is 3.13. The molecule has 0 spiro atoms. The quantitative estimate of drug-likeness (QED) is 0.386. The largest absolute Gasteiger partial charge is 0.289 e. The fourth-order valence-electron chi connectivity index (χ4n) is 0.313. The Morgan fingerprint density at radius 3 is 2.75 bits per heavy atom. The third-order valence-corrected chi connectivity index (χ3v) is 0.575. The van der Waals surface area contributed by atoms with E-state index in [1.165, 1.54) is 12.2 Å². The standard InChI is InChI=1S/C7H8O/c1-3-5-7(8)6-4-2/h4-6H,1H2,2H3. The molecule has 0 aliphatic carbocycles. The van der Waals surface area contributed by atoms with E-state index >= 15 is 0 Å². The predicted octanol–water partition coefficient (Wildman–Crippen LogP) is 1.47. The van der Waals surface area contributed by atoms with E-state index < -0.39 is 0 Å². The molecule has 0 heterocycles.